The zero-order valence-electron chi connectivity index (χ0n) is 12.8. The number of anilines is 1. The summed E-state index contributed by atoms with van der Waals surface area (Å²) in [4.78, 5) is 11.9. The van der Waals surface area contributed by atoms with Crippen LogP contribution < -0.4 is 10.1 Å². The van der Waals surface area contributed by atoms with E-state index in [9.17, 15) is 4.79 Å². The van der Waals surface area contributed by atoms with Crippen LogP contribution in [0.3, 0.4) is 0 Å². The summed E-state index contributed by atoms with van der Waals surface area (Å²) in [5.41, 5.74) is 4.33. The highest BCUT2D eigenvalue weighted by Gasteiger charge is 2.06. The van der Waals surface area contributed by atoms with Gasteiger partial charge in [0.25, 0.3) is 5.91 Å². The van der Waals surface area contributed by atoms with Gasteiger partial charge in [-0.15, -0.1) is 0 Å². The van der Waals surface area contributed by atoms with Gasteiger partial charge in [0.2, 0.25) is 0 Å². The highest BCUT2D eigenvalue weighted by atomic mass is 16.5. The molecule has 2 rings (SSSR count). The third-order valence-corrected chi connectivity index (χ3v) is 3.58. The van der Waals surface area contributed by atoms with Crippen LogP contribution in [0, 0.1) is 13.8 Å². The molecule has 0 aliphatic rings. The van der Waals surface area contributed by atoms with E-state index in [0.717, 1.165) is 23.2 Å². The highest BCUT2D eigenvalue weighted by molar-refractivity contribution is 5.92. The van der Waals surface area contributed by atoms with Crippen molar-refractivity contribution in [3.05, 3.63) is 59.2 Å². The molecule has 0 aliphatic heterocycles. The Balaban J connectivity index is 1.91. The fourth-order valence-corrected chi connectivity index (χ4v) is 2.04. The van der Waals surface area contributed by atoms with Crippen molar-refractivity contribution in [2.24, 2.45) is 0 Å². The summed E-state index contributed by atoms with van der Waals surface area (Å²) in [7, 11) is 0. The number of ether oxygens (including phenoxy) is 1. The standard InChI is InChI=1S/C18H21NO2/c1-4-15-8-10-16(11-9-15)21-12-18(20)19-17-7-5-6-13(2)14(17)3/h5-11H,4,12H2,1-3H3,(H,19,20). The summed E-state index contributed by atoms with van der Waals surface area (Å²) < 4.78 is 5.50. The van der Waals surface area contributed by atoms with E-state index in [1.54, 1.807) is 0 Å². The SMILES string of the molecule is CCc1ccc(OCC(=O)Nc2cccc(C)c2C)cc1. The molecule has 0 aliphatic carbocycles. The first-order valence-electron chi connectivity index (χ1n) is 7.18. The number of hydrogen-bond donors (Lipinski definition) is 1. The molecule has 0 bridgehead atoms. The quantitative estimate of drug-likeness (QED) is 0.904. The minimum atomic E-state index is -0.150. The fourth-order valence-electron chi connectivity index (χ4n) is 2.04. The van der Waals surface area contributed by atoms with E-state index in [2.05, 4.69) is 12.2 Å². The van der Waals surface area contributed by atoms with Crippen LogP contribution in [0.25, 0.3) is 0 Å². The molecule has 0 radical (unpaired) electrons. The van der Waals surface area contributed by atoms with Gasteiger partial charge in [-0.2, -0.15) is 0 Å². The van der Waals surface area contributed by atoms with Crippen molar-refractivity contribution in [3.8, 4) is 5.75 Å². The third kappa shape index (κ3) is 4.09. The van der Waals surface area contributed by atoms with E-state index >= 15 is 0 Å². The zero-order chi connectivity index (χ0) is 15.2. The van der Waals surface area contributed by atoms with Crippen LogP contribution in [0.4, 0.5) is 5.69 Å². The molecule has 0 unspecified atom stereocenters. The lowest BCUT2D eigenvalue weighted by atomic mass is 10.1. The number of carbonyl (C=O) groups excluding carboxylic acids is 1. The van der Waals surface area contributed by atoms with Crippen LogP contribution in [-0.2, 0) is 11.2 Å². The maximum atomic E-state index is 11.9. The molecule has 0 atom stereocenters. The van der Waals surface area contributed by atoms with Gasteiger partial charge in [0.05, 0.1) is 0 Å². The van der Waals surface area contributed by atoms with Gasteiger partial charge in [0.1, 0.15) is 5.75 Å². The number of benzene rings is 2. The zero-order valence-corrected chi connectivity index (χ0v) is 12.8. The second-order valence-electron chi connectivity index (χ2n) is 5.08. The molecule has 2 aromatic carbocycles. The van der Waals surface area contributed by atoms with Gasteiger partial charge in [0, 0.05) is 5.69 Å². The Hall–Kier alpha value is -2.29. The van der Waals surface area contributed by atoms with Crippen LogP contribution >= 0.6 is 0 Å². The van der Waals surface area contributed by atoms with Gasteiger partial charge in [-0.25, -0.2) is 0 Å². The summed E-state index contributed by atoms with van der Waals surface area (Å²) in [6.45, 7) is 6.14. The van der Waals surface area contributed by atoms with Crippen LogP contribution in [0.5, 0.6) is 5.75 Å². The van der Waals surface area contributed by atoms with Gasteiger partial charge in [-0.3, -0.25) is 4.79 Å². The van der Waals surface area contributed by atoms with Crippen molar-refractivity contribution < 1.29 is 9.53 Å². The van der Waals surface area contributed by atoms with Crippen molar-refractivity contribution in [2.75, 3.05) is 11.9 Å². The maximum Gasteiger partial charge on any atom is 0.262 e. The molecule has 1 amide bonds. The molecule has 21 heavy (non-hydrogen) atoms. The first-order chi connectivity index (χ1) is 10.1. The number of rotatable bonds is 5. The van der Waals surface area contributed by atoms with Gasteiger partial charge in [-0.1, -0.05) is 31.2 Å². The third-order valence-electron chi connectivity index (χ3n) is 3.58. The predicted octanol–water partition coefficient (Wildman–Crippen LogP) is 3.88. The van der Waals surface area contributed by atoms with E-state index in [4.69, 9.17) is 4.74 Å². The topological polar surface area (TPSA) is 38.3 Å². The number of carbonyl (C=O) groups is 1. The highest BCUT2D eigenvalue weighted by Crippen LogP contribution is 2.18. The van der Waals surface area contributed by atoms with Crippen LogP contribution in [-0.4, -0.2) is 12.5 Å². The average molecular weight is 283 g/mol. The lowest BCUT2D eigenvalue weighted by Gasteiger charge is -2.11. The molecule has 0 spiro atoms. The largest absolute Gasteiger partial charge is 0.484 e. The van der Waals surface area contributed by atoms with E-state index in [-0.39, 0.29) is 12.5 Å². The van der Waals surface area contributed by atoms with Gasteiger partial charge in [0.15, 0.2) is 6.61 Å². The smallest absolute Gasteiger partial charge is 0.262 e. The molecule has 110 valence electrons. The Morgan fingerprint density at radius 1 is 1.10 bits per heavy atom. The molecule has 0 heterocycles. The van der Waals surface area contributed by atoms with Gasteiger partial charge in [-0.05, 0) is 55.2 Å². The Labute approximate surface area is 126 Å². The van der Waals surface area contributed by atoms with E-state index in [1.807, 2.05) is 56.3 Å². The molecule has 0 saturated heterocycles. The van der Waals surface area contributed by atoms with Crippen LogP contribution in [0.2, 0.25) is 0 Å². The summed E-state index contributed by atoms with van der Waals surface area (Å²) in [5.74, 6) is 0.562. The second kappa shape index (κ2) is 6.93. The van der Waals surface area contributed by atoms with Crippen LogP contribution in [0.15, 0.2) is 42.5 Å². The molecular formula is C18H21NO2. The summed E-state index contributed by atoms with van der Waals surface area (Å²) in [6.07, 6.45) is 0.993. The Morgan fingerprint density at radius 2 is 1.81 bits per heavy atom. The van der Waals surface area contributed by atoms with Crippen molar-refractivity contribution in [3.63, 3.8) is 0 Å². The lowest BCUT2D eigenvalue weighted by molar-refractivity contribution is -0.118. The molecule has 0 aromatic heterocycles. The molecule has 2 aromatic rings. The van der Waals surface area contributed by atoms with E-state index in [1.165, 1.54) is 5.56 Å². The molecule has 0 fully saturated rings. The molecule has 3 nitrogen and oxygen atoms in total. The minimum absolute atomic E-state index is 0.0128. The predicted molar refractivity (Wildman–Crippen MR) is 85.9 cm³/mol. The first-order valence-corrected chi connectivity index (χ1v) is 7.18. The average Bonchev–Trinajstić information content (AvgIpc) is 2.50. The number of nitrogens with one attached hydrogen (secondary N) is 1. The van der Waals surface area contributed by atoms with Crippen molar-refractivity contribution in [1.29, 1.82) is 0 Å². The van der Waals surface area contributed by atoms with Crippen molar-refractivity contribution >= 4 is 11.6 Å². The Kier molecular flexibility index (Phi) is 4.99. The van der Waals surface area contributed by atoms with Gasteiger partial charge >= 0.3 is 0 Å². The number of amides is 1. The van der Waals surface area contributed by atoms with Crippen molar-refractivity contribution in [2.45, 2.75) is 27.2 Å². The van der Waals surface area contributed by atoms with Crippen LogP contribution in [0.1, 0.15) is 23.6 Å². The molecular weight excluding hydrogens is 262 g/mol. The first kappa shape index (κ1) is 15.1. The van der Waals surface area contributed by atoms with E-state index in [0.29, 0.717) is 5.75 Å². The molecule has 0 saturated carbocycles. The fraction of sp³-hybridized carbons (Fsp3) is 0.278. The molecule has 3 heteroatoms. The minimum Gasteiger partial charge on any atom is -0.484 e. The van der Waals surface area contributed by atoms with Gasteiger partial charge < -0.3 is 10.1 Å². The maximum absolute atomic E-state index is 11.9. The second-order valence-corrected chi connectivity index (χ2v) is 5.08. The number of hydrogen-bond acceptors (Lipinski definition) is 2. The van der Waals surface area contributed by atoms with E-state index < -0.39 is 0 Å². The number of aryl methyl sites for hydroxylation is 2. The molecule has 1 N–H and O–H groups in total. The normalized spacial score (nSPS) is 10.2. The Morgan fingerprint density at radius 3 is 2.48 bits per heavy atom. The summed E-state index contributed by atoms with van der Waals surface area (Å²) in [5, 5.41) is 2.88. The monoisotopic (exact) mass is 283 g/mol. The summed E-state index contributed by atoms with van der Waals surface area (Å²) >= 11 is 0. The summed E-state index contributed by atoms with van der Waals surface area (Å²) in [6, 6.07) is 13.7. The Bertz CT molecular complexity index is 618. The lowest BCUT2D eigenvalue weighted by Crippen LogP contribution is -2.20. The van der Waals surface area contributed by atoms with Crippen molar-refractivity contribution in [1.82, 2.24) is 0 Å².